The molecule has 25 heavy (non-hydrogen) atoms. The molecule has 0 radical (unpaired) electrons. The van der Waals surface area contributed by atoms with Gasteiger partial charge in [-0.3, -0.25) is 4.79 Å². The van der Waals surface area contributed by atoms with Crippen molar-refractivity contribution < 1.29 is 13.9 Å². The summed E-state index contributed by atoms with van der Waals surface area (Å²) in [6.07, 6.45) is 3.88. The van der Waals surface area contributed by atoms with E-state index in [4.69, 9.17) is 4.74 Å². The van der Waals surface area contributed by atoms with Gasteiger partial charge in [0.05, 0.1) is 11.6 Å². The van der Waals surface area contributed by atoms with Crippen LogP contribution < -0.4 is 5.32 Å². The quantitative estimate of drug-likeness (QED) is 0.853. The molecule has 1 aromatic rings. The molecule has 1 saturated carbocycles. The van der Waals surface area contributed by atoms with Crippen molar-refractivity contribution in [3.63, 3.8) is 0 Å². The van der Waals surface area contributed by atoms with Gasteiger partial charge in [0.2, 0.25) is 5.91 Å². The molecule has 1 saturated heterocycles. The second-order valence-corrected chi connectivity index (χ2v) is 7.14. The highest BCUT2D eigenvalue weighted by Crippen LogP contribution is 2.31. The molecule has 1 aliphatic carbocycles. The van der Waals surface area contributed by atoms with Crippen molar-refractivity contribution in [1.82, 2.24) is 14.9 Å². The topological polar surface area (TPSA) is 67.4 Å². The minimum absolute atomic E-state index is 0.143. The summed E-state index contributed by atoms with van der Waals surface area (Å²) >= 11 is 0. The van der Waals surface area contributed by atoms with E-state index in [1.165, 1.54) is 0 Å². The number of ether oxygens (including phenoxy) is 1. The second kappa shape index (κ2) is 7.64. The van der Waals surface area contributed by atoms with Crippen LogP contribution in [-0.4, -0.2) is 53.6 Å². The number of aryl methyl sites for hydroxylation is 2. The highest BCUT2D eigenvalue weighted by atomic mass is 19.1. The first-order valence-electron chi connectivity index (χ1n) is 9.06. The van der Waals surface area contributed by atoms with E-state index in [-0.39, 0.29) is 23.6 Å². The molecular formula is C18H27FN4O2. The number of carbonyl (C=O) groups excluding carboxylic acids is 1. The van der Waals surface area contributed by atoms with Crippen LogP contribution in [0.3, 0.4) is 0 Å². The lowest BCUT2D eigenvalue weighted by Crippen LogP contribution is -2.42. The van der Waals surface area contributed by atoms with E-state index >= 15 is 0 Å². The largest absolute Gasteiger partial charge is 0.381 e. The summed E-state index contributed by atoms with van der Waals surface area (Å²) in [7, 11) is 1.88. The second-order valence-electron chi connectivity index (χ2n) is 7.14. The van der Waals surface area contributed by atoms with Crippen molar-refractivity contribution in [3.8, 4) is 0 Å². The highest BCUT2D eigenvalue weighted by molar-refractivity contribution is 5.80. The SMILES string of the molecule is Cc1nc(C)c(F)c(NCC(C(=O)N(C)C2CC2)C2CCOCC2)n1. The van der Waals surface area contributed by atoms with Crippen molar-refractivity contribution in [3.05, 3.63) is 17.3 Å². The zero-order valence-corrected chi connectivity index (χ0v) is 15.2. The van der Waals surface area contributed by atoms with Gasteiger partial charge in [-0.2, -0.15) is 0 Å². The number of carbonyl (C=O) groups is 1. The summed E-state index contributed by atoms with van der Waals surface area (Å²) in [5, 5.41) is 3.07. The van der Waals surface area contributed by atoms with Crippen molar-refractivity contribution in [1.29, 1.82) is 0 Å². The lowest BCUT2D eigenvalue weighted by atomic mass is 9.84. The molecule has 138 valence electrons. The van der Waals surface area contributed by atoms with Gasteiger partial charge >= 0.3 is 0 Å². The van der Waals surface area contributed by atoms with Gasteiger partial charge < -0.3 is 15.0 Å². The Morgan fingerprint density at radius 1 is 1.28 bits per heavy atom. The molecule has 0 bridgehead atoms. The third kappa shape index (κ3) is 4.26. The molecule has 1 N–H and O–H groups in total. The Hall–Kier alpha value is -1.76. The highest BCUT2D eigenvalue weighted by Gasteiger charge is 2.37. The van der Waals surface area contributed by atoms with Gasteiger partial charge in [-0.05, 0) is 45.4 Å². The smallest absolute Gasteiger partial charge is 0.227 e. The Morgan fingerprint density at radius 2 is 1.96 bits per heavy atom. The monoisotopic (exact) mass is 350 g/mol. The number of anilines is 1. The van der Waals surface area contributed by atoms with Crippen LogP contribution in [0, 0.1) is 31.5 Å². The van der Waals surface area contributed by atoms with Crippen molar-refractivity contribution >= 4 is 11.7 Å². The minimum atomic E-state index is -0.445. The molecule has 2 heterocycles. The summed E-state index contributed by atoms with van der Waals surface area (Å²) in [6, 6.07) is 0.370. The van der Waals surface area contributed by atoms with Crippen LogP contribution in [0.1, 0.15) is 37.2 Å². The van der Waals surface area contributed by atoms with Gasteiger partial charge in [0.25, 0.3) is 0 Å². The average Bonchev–Trinajstić information content (AvgIpc) is 3.44. The Kier molecular flexibility index (Phi) is 5.51. The van der Waals surface area contributed by atoms with E-state index in [0.29, 0.717) is 37.3 Å². The maximum atomic E-state index is 14.3. The predicted molar refractivity (Wildman–Crippen MR) is 92.8 cm³/mol. The van der Waals surface area contributed by atoms with E-state index in [9.17, 15) is 9.18 Å². The molecule has 0 spiro atoms. The van der Waals surface area contributed by atoms with Crippen LogP contribution >= 0.6 is 0 Å². The molecule has 0 aromatic carbocycles. The van der Waals surface area contributed by atoms with Crippen LogP contribution in [0.5, 0.6) is 0 Å². The Morgan fingerprint density at radius 3 is 2.60 bits per heavy atom. The van der Waals surface area contributed by atoms with Crippen LogP contribution in [0.25, 0.3) is 0 Å². The normalized spacial score (nSPS) is 19.5. The third-order valence-corrected chi connectivity index (χ3v) is 5.21. The number of rotatable bonds is 6. The fraction of sp³-hybridized carbons (Fsp3) is 0.722. The van der Waals surface area contributed by atoms with E-state index in [2.05, 4.69) is 15.3 Å². The number of nitrogens with zero attached hydrogens (tertiary/aromatic N) is 3. The van der Waals surface area contributed by atoms with Gasteiger partial charge in [0, 0.05) is 32.8 Å². The van der Waals surface area contributed by atoms with Crippen molar-refractivity contribution in [2.24, 2.45) is 11.8 Å². The van der Waals surface area contributed by atoms with E-state index in [1.807, 2.05) is 11.9 Å². The Bertz CT molecular complexity index is 630. The lowest BCUT2D eigenvalue weighted by Gasteiger charge is -2.32. The van der Waals surface area contributed by atoms with E-state index in [1.54, 1.807) is 13.8 Å². The molecule has 1 amide bonds. The predicted octanol–water partition coefficient (Wildman–Crippen LogP) is 2.31. The molecule has 1 unspecified atom stereocenters. The summed E-state index contributed by atoms with van der Waals surface area (Å²) in [6.45, 7) is 5.10. The third-order valence-electron chi connectivity index (χ3n) is 5.21. The van der Waals surface area contributed by atoms with Gasteiger partial charge in [-0.25, -0.2) is 14.4 Å². The molecule has 3 rings (SSSR count). The Labute approximate surface area is 148 Å². The summed E-state index contributed by atoms with van der Waals surface area (Å²) < 4.78 is 19.7. The number of aromatic nitrogens is 2. The summed E-state index contributed by atoms with van der Waals surface area (Å²) in [5.74, 6) is 0.463. The van der Waals surface area contributed by atoms with Gasteiger partial charge in [-0.15, -0.1) is 0 Å². The molecule has 1 atom stereocenters. The molecule has 6 nitrogen and oxygen atoms in total. The molecule has 2 fully saturated rings. The fourth-order valence-corrected chi connectivity index (χ4v) is 3.50. The summed E-state index contributed by atoms with van der Waals surface area (Å²) in [5.41, 5.74) is 0.319. The molecule has 1 aliphatic heterocycles. The van der Waals surface area contributed by atoms with Crippen molar-refractivity contribution in [2.75, 3.05) is 32.1 Å². The van der Waals surface area contributed by atoms with Crippen LogP contribution in [-0.2, 0) is 9.53 Å². The number of nitrogens with one attached hydrogen (secondary N) is 1. The van der Waals surface area contributed by atoms with Gasteiger partial charge in [0.15, 0.2) is 11.6 Å². The standard InChI is InChI=1S/C18H27FN4O2/c1-11-16(19)17(22-12(2)21-11)20-10-15(13-6-8-25-9-7-13)18(24)23(3)14-4-5-14/h13-15H,4-10H2,1-3H3,(H,20,21,22). The zero-order valence-electron chi connectivity index (χ0n) is 15.2. The number of hydrogen-bond donors (Lipinski definition) is 1. The molecular weight excluding hydrogens is 323 g/mol. The number of hydrogen-bond acceptors (Lipinski definition) is 5. The molecule has 1 aromatic heterocycles. The van der Waals surface area contributed by atoms with Gasteiger partial charge in [0.1, 0.15) is 5.82 Å². The first kappa shape index (κ1) is 18.0. The van der Waals surface area contributed by atoms with Crippen LogP contribution in [0.4, 0.5) is 10.2 Å². The van der Waals surface area contributed by atoms with E-state index < -0.39 is 5.82 Å². The van der Waals surface area contributed by atoms with Gasteiger partial charge in [-0.1, -0.05) is 0 Å². The Balaban J connectivity index is 1.74. The van der Waals surface area contributed by atoms with E-state index in [0.717, 1.165) is 25.7 Å². The first-order chi connectivity index (χ1) is 12.0. The van der Waals surface area contributed by atoms with Crippen LogP contribution in [0.2, 0.25) is 0 Å². The van der Waals surface area contributed by atoms with Crippen molar-refractivity contribution in [2.45, 2.75) is 45.6 Å². The van der Waals surface area contributed by atoms with Crippen LogP contribution in [0.15, 0.2) is 0 Å². The zero-order chi connectivity index (χ0) is 18.0. The first-order valence-corrected chi connectivity index (χ1v) is 9.06. The number of halogens is 1. The maximum Gasteiger partial charge on any atom is 0.227 e. The fourth-order valence-electron chi connectivity index (χ4n) is 3.50. The average molecular weight is 350 g/mol. The minimum Gasteiger partial charge on any atom is -0.381 e. The molecule has 2 aliphatic rings. The summed E-state index contributed by atoms with van der Waals surface area (Å²) in [4.78, 5) is 23.0. The maximum absolute atomic E-state index is 14.3. The number of amides is 1. The lowest BCUT2D eigenvalue weighted by molar-refractivity contribution is -0.137. The molecule has 7 heteroatoms.